The molecule has 2 aromatic rings. The van der Waals surface area contributed by atoms with Crippen molar-refractivity contribution in [1.29, 1.82) is 0 Å². The summed E-state index contributed by atoms with van der Waals surface area (Å²) in [4.78, 5) is 23.0. The zero-order chi connectivity index (χ0) is 14.7. The number of carbonyl (C=O) groups is 2. The van der Waals surface area contributed by atoms with Gasteiger partial charge in [0, 0.05) is 5.56 Å². The molecule has 0 aliphatic heterocycles. The van der Waals surface area contributed by atoms with E-state index in [1.807, 2.05) is 0 Å². The molecule has 102 valence electrons. The van der Waals surface area contributed by atoms with Gasteiger partial charge in [0.05, 0.1) is 18.2 Å². The molecular formula is C15H12O5. The topological polar surface area (TPSA) is 83.8 Å². The van der Waals surface area contributed by atoms with Crippen molar-refractivity contribution in [3.8, 4) is 11.5 Å². The minimum Gasteiger partial charge on any atom is -0.507 e. The number of ether oxygens (including phenoxy) is 1. The van der Waals surface area contributed by atoms with Crippen molar-refractivity contribution in [2.45, 2.75) is 0 Å². The Morgan fingerprint density at radius 3 is 2.15 bits per heavy atom. The van der Waals surface area contributed by atoms with Crippen molar-refractivity contribution < 1.29 is 24.5 Å². The van der Waals surface area contributed by atoms with Crippen LogP contribution in [0.5, 0.6) is 11.5 Å². The van der Waals surface area contributed by atoms with Gasteiger partial charge in [-0.1, -0.05) is 12.1 Å². The molecule has 2 aromatic carbocycles. The Hall–Kier alpha value is -2.82. The van der Waals surface area contributed by atoms with Gasteiger partial charge in [0.1, 0.15) is 11.5 Å². The number of carbonyl (C=O) groups excluding carboxylic acids is 1. The van der Waals surface area contributed by atoms with E-state index in [4.69, 9.17) is 9.84 Å². The number of aromatic carboxylic acids is 1. The number of hydrogen-bond acceptors (Lipinski definition) is 4. The third kappa shape index (κ3) is 2.61. The molecule has 2 N–H and O–H groups in total. The summed E-state index contributed by atoms with van der Waals surface area (Å²) in [5, 5.41) is 18.5. The SMILES string of the molecule is COc1ccc(O)c(C(=O)c2ccc(C(=O)O)cc2)c1. The number of rotatable bonds is 4. The smallest absolute Gasteiger partial charge is 0.335 e. The van der Waals surface area contributed by atoms with Crippen LogP contribution in [0.25, 0.3) is 0 Å². The molecule has 0 bridgehead atoms. The number of carboxylic acid groups (broad SMARTS) is 1. The lowest BCUT2D eigenvalue weighted by Crippen LogP contribution is -2.03. The molecule has 0 amide bonds. The van der Waals surface area contributed by atoms with Crippen LogP contribution in [0.2, 0.25) is 0 Å². The number of benzene rings is 2. The first kappa shape index (κ1) is 13.6. The number of ketones is 1. The van der Waals surface area contributed by atoms with Gasteiger partial charge in [-0.3, -0.25) is 4.79 Å². The van der Waals surface area contributed by atoms with Crippen LogP contribution < -0.4 is 4.74 Å². The van der Waals surface area contributed by atoms with E-state index in [0.717, 1.165) is 0 Å². The molecule has 0 aliphatic carbocycles. The molecule has 0 spiro atoms. The van der Waals surface area contributed by atoms with Crippen molar-refractivity contribution in [3.63, 3.8) is 0 Å². The highest BCUT2D eigenvalue weighted by Gasteiger charge is 2.15. The van der Waals surface area contributed by atoms with Gasteiger partial charge < -0.3 is 14.9 Å². The molecule has 5 nitrogen and oxygen atoms in total. The Balaban J connectivity index is 2.38. The maximum Gasteiger partial charge on any atom is 0.335 e. The van der Waals surface area contributed by atoms with E-state index in [9.17, 15) is 14.7 Å². The maximum absolute atomic E-state index is 12.3. The number of hydrogen-bond donors (Lipinski definition) is 2. The zero-order valence-electron chi connectivity index (χ0n) is 10.7. The van der Waals surface area contributed by atoms with Crippen molar-refractivity contribution in [1.82, 2.24) is 0 Å². The summed E-state index contributed by atoms with van der Waals surface area (Å²) in [6.07, 6.45) is 0. The molecule has 5 heteroatoms. The minimum atomic E-state index is -1.06. The Labute approximate surface area is 115 Å². The van der Waals surface area contributed by atoms with Gasteiger partial charge in [0.2, 0.25) is 0 Å². The predicted molar refractivity (Wildman–Crippen MR) is 71.5 cm³/mol. The van der Waals surface area contributed by atoms with Crippen LogP contribution in [-0.2, 0) is 0 Å². The van der Waals surface area contributed by atoms with Crippen LogP contribution >= 0.6 is 0 Å². The molecule has 20 heavy (non-hydrogen) atoms. The molecule has 0 heterocycles. The van der Waals surface area contributed by atoms with Gasteiger partial charge in [0.15, 0.2) is 5.78 Å². The second-order valence-corrected chi connectivity index (χ2v) is 4.09. The van der Waals surface area contributed by atoms with Gasteiger partial charge in [-0.2, -0.15) is 0 Å². The van der Waals surface area contributed by atoms with Crippen molar-refractivity contribution >= 4 is 11.8 Å². The highest BCUT2D eigenvalue weighted by Crippen LogP contribution is 2.25. The van der Waals surface area contributed by atoms with E-state index in [0.29, 0.717) is 11.3 Å². The first-order chi connectivity index (χ1) is 9.52. The number of phenols is 1. The Morgan fingerprint density at radius 1 is 1.00 bits per heavy atom. The number of phenolic OH excluding ortho intramolecular Hbond substituents is 1. The standard InChI is InChI=1S/C15H12O5/c1-20-11-6-7-13(16)12(8-11)14(17)9-2-4-10(5-3-9)15(18)19/h2-8,16H,1H3,(H,18,19). The van der Waals surface area contributed by atoms with Crippen LogP contribution in [0.3, 0.4) is 0 Å². The predicted octanol–water partition coefficient (Wildman–Crippen LogP) is 2.33. The van der Waals surface area contributed by atoms with Gasteiger partial charge in [-0.15, -0.1) is 0 Å². The van der Waals surface area contributed by atoms with Gasteiger partial charge in [-0.25, -0.2) is 4.79 Å². The van der Waals surface area contributed by atoms with E-state index in [1.165, 1.54) is 43.5 Å². The average molecular weight is 272 g/mol. The molecule has 0 fully saturated rings. The number of carboxylic acids is 1. The third-order valence-electron chi connectivity index (χ3n) is 2.84. The minimum absolute atomic E-state index is 0.0939. The van der Waals surface area contributed by atoms with Crippen LogP contribution in [0, 0.1) is 0 Å². The fourth-order valence-electron chi connectivity index (χ4n) is 1.74. The molecule has 0 saturated carbocycles. The Bertz CT molecular complexity index is 658. The third-order valence-corrected chi connectivity index (χ3v) is 2.84. The summed E-state index contributed by atoms with van der Waals surface area (Å²) in [7, 11) is 1.46. The van der Waals surface area contributed by atoms with E-state index in [1.54, 1.807) is 6.07 Å². The van der Waals surface area contributed by atoms with E-state index >= 15 is 0 Å². The molecule has 2 rings (SSSR count). The quantitative estimate of drug-likeness (QED) is 0.834. The average Bonchev–Trinajstić information content (AvgIpc) is 2.47. The lowest BCUT2D eigenvalue weighted by atomic mass is 10.0. The lowest BCUT2D eigenvalue weighted by molar-refractivity contribution is 0.0696. The summed E-state index contributed by atoms with van der Waals surface area (Å²) in [5.41, 5.74) is 0.488. The summed E-state index contributed by atoms with van der Waals surface area (Å²) in [6.45, 7) is 0. The highest BCUT2D eigenvalue weighted by atomic mass is 16.5. The van der Waals surface area contributed by atoms with Crippen LogP contribution in [0.4, 0.5) is 0 Å². The second-order valence-electron chi connectivity index (χ2n) is 4.09. The fraction of sp³-hybridized carbons (Fsp3) is 0.0667. The van der Waals surface area contributed by atoms with Crippen molar-refractivity contribution in [3.05, 3.63) is 59.2 Å². The monoisotopic (exact) mass is 272 g/mol. The summed E-state index contributed by atoms with van der Waals surface area (Å²) in [6, 6.07) is 9.84. The molecule has 0 radical (unpaired) electrons. The molecule has 0 unspecified atom stereocenters. The maximum atomic E-state index is 12.3. The molecule has 0 aromatic heterocycles. The number of aromatic hydroxyl groups is 1. The van der Waals surface area contributed by atoms with Crippen molar-refractivity contribution in [2.24, 2.45) is 0 Å². The normalized spacial score (nSPS) is 10.1. The first-order valence-corrected chi connectivity index (χ1v) is 5.78. The van der Waals surface area contributed by atoms with Crippen molar-refractivity contribution in [2.75, 3.05) is 7.11 Å². The van der Waals surface area contributed by atoms with E-state index in [-0.39, 0.29) is 16.9 Å². The molecule has 0 saturated heterocycles. The second kappa shape index (κ2) is 5.44. The van der Waals surface area contributed by atoms with E-state index < -0.39 is 11.8 Å². The summed E-state index contributed by atoms with van der Waals surface area (Å²) >= 11 is 0. The zero-order valence-corrected chi connectivity index (χ0v) is 10.7. The highest BCUT2D eigenvalue weighted by molar-refractivity contribution is 6.11. The largest absolute Gasteiger partial charge is 0.507 e. The molecular weight excluding hydrogens is 260 g/mol. The fourth-order valence-corrected chi connectivity index (χ4v) is 1.74. The lowest BCUT2D eigenvalue weighted by Gasteiger charge is -2.07. The molecule has 0 aliphatic rings. The van der Waals surface area contributed by atoms with Crippen LogP contribution in [-0.4, -0.2) is 29.1 Å². The van der Waals surface area contributed by atoms with Gasteiger partial charge in [0.25, 0.3) is 0 Å². The van der Waals surface area contributed by atoms with E-state index in [2.05, 4.69) is 0 Å². The Morgan fingerprint density at radius 2 is 1.60 bits per heavy atom. The van der Waals surface area contributed by atoms with Crippen LogP contribution in [0.15, 0.2) is 42.5 Å². The summed E-state index contributed by atoms with van der Waals surface area (Å²) in [5.74, 6) is -1.17. The van der Waals surface area contributed by atoms with Gasteiger partial charge >= 0.3 is 5.97 Å². The first-order valence-electron chi connectivity index (χ1n) is 5.78. The Kier molecular flexibility index (Phi) is 3.70. The molecule has 0 atom stereocenters. The van der Waals surface area contributed by atoms with Crippen LogP contribution in [0.1, 0.15) is 26.3 Å². The number of methoxy groups -OCH3 is 1. The summed E-state index contributed by atoms with van der Waals surface area (Å²) < 4.78 is 5.01. The van der Waals surface area contributed by atoms with Gasteiger partial charge in [-0.05, 0) is 30.3 Å².